The molecule has 0 aliphatic carbocycles. The molecule has 7 nitrogen and oxygen atoms in total. The van der Waals surface area contributed by atoms with Crippen LogP contribution in [0.2, 0.25) is 0 Å². The summed E-state index contributed by atoms with van der Waals surface area (Å²) in [6, 6.07) is 0. The summed E-state index contributed by atoms with van der Waals surface area (Å²) in [5, 5.41) is 12.8. The van der Waals surface area contributed by atoms with E-state index < -0.39 is 15.6 Å². The second-order valence-corrected chi connectivity index (χ2v) is 7.11. The number of nitrogens with zero attached hydrogens (tertiary/aromatic N) is 3. The van der Waals surface area contributed by atoms with Gasteiger partial charge in [-0.25, -0.2) is 18.4 Å². The number of aliphatic hydroxyl groups is 1. The van der Waals surface area contributed by atoms with E-state index in [-0.39, 0.29) is 4.90 Å². The Bertz CT molecular complexity index is 547. The molecule has 1 aromatic heterocycles. The van der Waals surface area contributed by atoms with Crippen molar-refractivity contribution in [3.05, 3.63) is 12.4 Å². The number of nitrogens with one attached hydrogen (secondary N) is 1. The smallest absolute Gasteiger partial charge is 0.246 e. The number of hydrogen-bond acceptors (Lipinski definition) is 6. The van der Waals surface area contributed by atoms with Crippen LogP contribution in [0, 0.1) is 0 Å². The summed E-state index contributed by atoms with van der Waals surface area (Å²) in [4.78, 5) is 8.05. The summed E-state index contributed by atoms with van der Waals surface area (Å²) in [6.45, 7) is 4.93. The quantitative estimate of drug-likeness (QED) is 0.838. The number of hydrogen-bond donors (Lipinski definition) is 2. The van der Waals surface area contributed by atoms with Crippen LogP contribution in [-0.2, 0) is 10.0 Å². The number of aromatic nitrogens is 2. The Balaban J connectivity index is 2.14. The van der Waals surface area contributed by atoms with Crippen LogP contribution in [0.5, 0.6) is 0 Å². The van der Waals surface area contributed by atoms with Crippen LogP contribution in [0.1, 0.15) is 26.7 Å². The van der Waals surface area contributed by atoms with E-state index >= 15 is 0 Å². The lowest BCUT2D eigenvalue weighted by atomic mass is 9.95. The Morgan fingerprint density at radius 3 is 2.40 bits per heavy atom. The first-order chi connectivity index (χ1) is 9.35. The lowest BCUT2D eigenvalue weighted by Crippen LogP contribution is -2.45. The fourth-order valence-corrected chi connectivity index (χ4v) is 3.39. The summed E-state index contributed by atoms with van der Waals surface area (Å²) in [7, 11) is -3.57. The van der Waals surface area contributed by atoms with E-state index in [1.165, 1.54) is 16.7 Å². The maximum absolute atomic E-state index is 12.4. The zero-order valence-electron chi connectivity index (χ0n) is 11.7. The molecule has 112 valence electrons. The van der Waals surface area contributed by atoms with Crippen LogP contribution >= 0.6 is 0 Å². The molecule has 2 heterocycles. The van der Waals surface area contributed by atoms with Crippen molar-refractivity contribution < 1.29 is 13.5 Å². The third-order valence-electron chi connectivity index (χ3n) is 3.40. The normalized spacial score (nSPS) is 19.8. The Kier molecular flexibility index (Phi) is 4.26. The molecule has 2 rings (SSSR count). The maximum Gasteiger partial charge on any atom is 0.246 e. The van der Waals surface area contributed by atoms with Crippen LogP contribution in [0.3, 0.4) is 0 Å². The van der Waals surface area contributed by atoms with Gasteiger partial charge in [0, 0.05) is 19.6 Å². The summed E-state index contributed by atoms with van der Waals surface area (Å²) in [6.07, 6.45) is 3.49. The molecule has 1 fully saturated rings. The molecule has 1 aliphatic heterocycles. The fourth-order valence-electron chi connectivity index (χ4n) is 2.06. The minimum absolute atomic E-state index is 0.0840. The molecule has 2 N–H and O–H groups in total. The first kappa shape index (κ1) is 15.1. The third-order valence-corrected chi connectivity index (χ3v) is 5.25. The minimum Gasteiger partial charge on any atom is -0.390 e. The van der Waals surface area contributed by atoms with Gasteiger partial charge in [0.1, 0.15) is 4.90 Å². The molecule has 20 heavy (non-hydrogen) atoms. The van der Waals surface area contributed by atoms with Gasteiger partial charge in [-0.2, -0.15) is 4.31 Å². The van der Waals surface area contributed by atoms with Crippen molar-refractivity contribution in [1.82, 2.24) is 14.3 Å². The van der Waals surface area contributed by atoms with Gasteiger partial charge in [0.15, 0.2) is 0 Å². The van der Waals surface area contributed by atoms with Gasteiger partial charge in [-0.15, -0.1) is 0 Å². The largest absolute Gasteiger partial charge is 0.390 e. The van der Waals surface area contributed by atoms with E-state index in [2.05, 4.69) is 15.3 Å². The molecule has 0 aromatic carbocycles. The first-order valence-corrected chi connectivity index (χ1v) is 8.07. The summed E-state index contributed by atoms with van der Waals surface area (Å²) < 4.78 is 26.2. The maximum atomic E-state index is 12.4. The second kappa shape index (κ2) is 5.63. The topological polar surface area (TPSA) is 95.4 Å². The van der Waals surface area contributed by atoms with Crippen molar-refractivity contribution in [2.24, 2.45) is 0 Å². The molecule has 1 aromatic rings. The highest BCUT2D eigenvalue weighted by Gasteiger charge is 2.34. The van der Waals surface area contributed by atoms with Crippen molar-refractivity contribution in [3.63, 3.8) is 0 Å². The number of rotatable bonds is 4. The zero-order valence-corrected chi connectivity index (χ0v) is 12.5. The highest BCUT2D eigenvalue weighted by molar-refractivity contribution is 7.89. The van der Waals surface area contributed by atoms with E-state index in [4.69, 9.17) is 0 Å². The predicted octanol–water partition coefficient (Wildman–Crippen LogP) is 0.444. The third kappa shape index (κ3) is 3.25. The molecule has 0 saturated carbocycles. The summed E-state index contributed by atoms with van der Waals surface area (Å²) >= 11 is 0. The average molecular weight is 300 g/mol. The molecule has 0 unspecified atom stereocenters. The average Bonchev–Trinajstić information content (AvgIpc) is 2.39. The molecule has 0 atom stereocenters. The molecule has 0 amide bonds. The van der Waals surface area contributed by atoms with Gasteiger partial charge in [-0.05, 0) is 26.7 Å². The van der Waals surface area contributed by atoms with Crippen molar-refractivity contribution in [2.45, 2.75) is 37.2 Å². The number of anilines is 1. The molecule has 0 bridgehead atoms. The van der Waals surface area contributed by atoms with Crippen LogP contribution in [0.15, 0.2) is 17.3 Å². The van der Waals surface area contributed by atoms with Gasteiger partial charge in [0.05, 0.1) is 18.0 Å². The van der Waals surface area contributed by atoms with Crippen LogP contribution in [0.4, 0.5) is 5.95 Å². The van der Waals surface area contributed by atoms with Crippen molar-refractivity contribution in [1.29, 1.82) is 0 Å². The van der Waals surface area contributed by atoms with Crippen molar-refractivity contribution in [3.8, 4) is 0 Å². The zero-order chi connectivity index (χ0) is 14.8. The number of sulfonamides is 1. The standard InChI is InChI=1S/C12H20N4O3S/c1-3-13-11-14-8-10(9-15-11)20(18,19)16-6-4-12(2,17)5-7-16/h8-9,17H,3-7H2,1-2H3,(H,13,14,15). The van der Waals surface area contributed by atoms with Crippen molar-refractivity contribution in [2.75, 3.05) is 25.0 Å². The van der Waals surface area contributed by atoms with Gasteiger partial charge in [0.25, 0.3) is 0 Å². The van der Waals surface area contributed by atoms with Crippen LogP contribution in [-0.4, -0.2) is 53.0 Å². The highest BCUT2D eigenvalue weighted by Crippen LogP contribution is 2.25. The van der Waals surface area contributed by atoms with Gasteiger partial charge < -0.3 is 10.4 Å². The monoisotopic (exact) mass is 300 g/mol. The van der Waals surface area contributed by atoms with Crippen molar-refractivity contribution >= 4 is 16.0 Å². The Morgan fingerprint density at radius 2 is 1.90 bits per heavy atom. The molecular formula is C12H20N4O3S. The molecule has 8 heteroatoms. The molecule has 0 radical (unpaired) electrons. The summed E-state index contributed by atoms with van der Waals surface area (Å²) in [5.74, 6) is 0.410. The second-order valence-electron chi connectivity index (χ2n) is 5.17. The van der Waals surface area contributed by atoms with Gasteiger partial charge in [-0.3, -0.25) is 0 Å². The Labute approximate surface area is 119 Å². The van der Waals surface area contributed by atoms with E-state index in [1.54, 1.807) is 6.92 Å². The lowest BCUT2D eigenvalue weighted by Gasteiger charge is -2.34. The molecule has 0 spiro atoms. The molecule has 1 saturated heterocycles. The van der Waals surface area contributed by atoms with E-state index in [9.17, 15) is 13.5 Å². The first-order valence-electron chi connectivity index (χ1n) is 6.63. The number of piperidine rings is 1. The fraction of sp³-hybridized carbons (Fsp3) is 0.667. The lowest BCUT2D eigenvalue weighted by molar-refractivity contribution is 0.0126. The minimum atomic E-state index is -3.57. The molecule has 1 aliphatic rings. The Morgan fingerprint density at radius 1 is 1.35 bits per heavy atom. The van der Waals surface area contributed by atoms with Crippen LogP contribution in [0.25, 0.3) is 0 Å². The predicted molar refractivity (Wildman–Crippen MR) is 74.8 cm³/mol. The SMILES string of the molecule is CCNc1ncc(S(=O)(=O)N2CCC(C)(O)CC2)cn1. The van der Waals surface area contributed by atoms with Gasteiger partial charge in [-0.1, -0.05) is 0 Å². The van der Waals surface area contributed by atoms with Crippen LogP contribution < -0.4 is 5.32 Å². The highest BCUT2D eigenvalue weighted by atomic mass is 32.2. The van der Waals surface area contributed by atoms with Gasteiger partial charge >= 0.3 is 0 Å². The van der Waals surface area contributed by atoms with E-state index in [1.807, 2.05) is 6.92 Å². The summed E-state index contributed by atoms with van der Waals surface area (Å²) in [5.41, 5.74) is -0.780. The Hall–Kier alpha value is -1.25. The van der Waals surface area contributed by atoms with E-state index in [0.717, 1.165) is 0 Å². The van der Waals surface area contributed by atoms with E-state index in [0.29, 0.717) is 38.4 Å². The molecular weight excluding hydrogens is 280 g/mol. The van der Waals surface area contributed by atoms with Gasteiger partial charge in [0.2, 0.25) is 16.0 Å².